The molecule has 4 aromatic rings. The Balaban J connectivity index is 1.61. The number of hydrogen-bond donors (Lipinski definition) is 3. The van der Waals surface area contributed by atoms with Crippen LogP contribution in [0.15, 0.2) is 78.2 Å². The Labute approximate surface area is 205 Å². The molecule has 8 nitrogen and oxygen atoms in total. The number of benzene rings is 1. The third-order valence-electron chi connectivity index (χ3n) is 5.93. The average Bonchev–Trinajstić information content (AvgIpc) is 2.86. The summed E-state index contributed by atoms with van der Waals surface area (Å²) in [5.74, 6) is 7.66. The molecule has 0 aliphatic heterocycles. The second-order valence-electron chi connectivity index (χ2n) is 8.78. The van der Waals surface area contributed by atoms with Crippen LogP contribution in [0.1, 0.15) is 30.7 Å². The van der Waals surface area contributed by atoms with E-state index in [1.807, 2.05) is 82.3 Å². The van der Waals surface area contributed by atoms with E-state index < -0.39 is 5.41 Å². The molecule has 0 saturated carbocycles. The molecule has 0 amide bonds. The fraction of sp³-hybridized carbons (Fsp3) is 0.185. The van der Waals surface area contributed by atoms with Crippen LogP contribution in [0.2, 0.25) is 0 Å². The summed E-state index contributed by atoms with van der Waals surface area (Å²) in [5.41, 5.74) is 10.7. The second-order valence-corrected chi connectivity index (χ2v) is 8.78. The van der Waals surface area contributed by atoms with Gasteiger partial charge in [-0.15, -0.1) is 0 Å². The maximum Gasteiger partial charge on any atom is 0.155 e. The molecule has 0 saturated heterocycles. The molecule has 5 N–H and O–H groups in total. The molecule has 178 valence electrons. The minimum Gasteiger partial charge on any atom is -0.455 e. The molecule has 8 heteroatoms. The molecule has 0 atom stereocenters. The molecule has 0 unspecified atom stereocenters. The third-order valence-corrected chi connectivity index (χ3v) is 5.93. The van der Waals surface area contributed by atoms with Gasteiger partial charge in [0.25, 0.3) is 0 Å². The summed E-state index contributed by atoms with van der Waals surface area (Å²) in [7, 11) is 0. The normalized spacial score (nSPS) is 11.8. The molecule has 3 heterocycles. The minimum absolute atomic E-state index is 0.355. The van der Waals surface area contributed by atoms with E-state index in [1.165, 1.54) is 0 Å². The van der Waals surface area contributed by atoms with Gasteiger partial charge in [0.2, 0.25) is 0 Å². The van der Waals surface area contributed by atoms with Crippen LogP contribution in [-0.4, -0.2) is 20.8 Å². The third kappa shape index (κ3) is 5.22. The monoisotopic (exact) mass is 467 g/mol. The van der Waals surface area contributed by atoms with E-state index in [1.54, 1.807) is 18.5 Å². The van der Waals surface area contributed by atoms with Gasteiger partial charge in [-0.2, -0.15) is 5.10 Å². The average molecular weight is 468 g/mol. The lowest BCUT2D eigenvalue weighted by Crippen LogP contribution is -2.36. The van der Waals surface area contributed by atoms with Gasteiger partial charge < -0.3 is 21.6 Å². The van der Waals surface area contributed by atoms with Crippen LogP contribution in [0.4, 0.5) is 11.5 Å². The summed E-state index contributed by atoms with van der Waals surface area (Å²) >= 11 is 0. The molecule has 0 aliphatic rings. The molecular formula is C27H29N7O. The van der Waals surface area contributed by atoms with Gasteiger partial charge in [-0.3, -0.25) is 4.98 Å². The van der Waals surface area contributed by atoms with Crippen molar-refractivity contribution in [2.24, 2.45) is 16.7 Å². The number of anilines is 2. The van der Waals surface area contributed by atoms with E-state index in [-0.39, 0.29) is 0 Å². The zero-order chi connectivity index (χ0) is 25.0. The van der Waals surface area contributed by atoms with Crippen LogP contribution in [0, 0.1) is 13.8 Å². The van der Waals surface area contributed by atoms with E-state index in [9.17, 15) is 0 Å². The molecular weight excluding hydrogens is 438 g/mol. The Morgan fingerprint density at radius 3 is 2.54 bits per heavy atom. The first-order chi connectivity index (χ1) is 16.8. The van der Waals surface area contributed by atoms with Crippen molar-refractivity contribution in [2.75, 3.05) is 5.32 Å². The molecule has 0 bridgehead atoms. The fourth-order valence-electron chi connectivity index (χ4n) is 3.56. The van der Waals surface area contributed by atoms with E-state index in [0.717, 1.165) is 28.2 Å². The molecule has 0 aliphatic carbocycles. The Morgan fingerprint density at radius 2 is 1.80 bits per heavy atom. The van der Waals surface area contributed by atoms with Crippen molar-refractivity contribution in [3.05, 3.63) is 89.9 Å². The first-order valence-electron chi connectivity index (χ1n) is 11.2. The highest BCUT2D eigenvalue weighted by Crippen LogP contribution is 2.33. The number of aromatic nitrogens is 3. The molecule has 0 spiro atoms. The highest BCUT2D eigenvalue weighted by molar-refractivity contribution is 5.91. The predicted octanol–water partition coefficient (Wildman–Crippen LogP) is 5.20. The van der Waals surface area contributed by atoms with Gasteiger partial charge >= 0.3 is 0 Å². The van der Waals surface area contributed by atoms with E-state index in [2.05, 4.69) is 20.4 Å². The highest BCUT2D eigenvalue weighted by atomic mass is 16.5. The van der Waals surface area contributed by atoms with Crippen LogP contribution in [-0.2, 0) is 5.41 Å². The molecule has 1 aromatic carbocycles. The number of ether oxygens (including phenoxy) is 1. The van der Waals surface area contributed by atoms with Gasteiger partial charge in [0.15, 0.2) is 5.75 Å². The SMILES string of the molecule is Cc1cc(Oc2ccnc(Nc3cccc(C(C)(C)/C(N)=N/N)c3)c2)c(-c2ccccn2)nc1C. The van der Waals surface area contributed by atoms with Gasteiger partial charge in [0.05, 0.1) is 5.69 Å². The van der Waals surface area contributed by atoms with Crippen molar-refractivity contribution in [1.29, 1.82) is 0 Å². The van der Waals surface area contributed by atoms with Gasteiger partial charge in [0.1, 0.15) is 23.1 Å². The summed E-state index contributed by atoms with van der Waals surface area (Å²) in [4.78, 5) is 13.6. The van der Waals surface area contributed by atoms with E-state index in [4.69, 9.17) is 21.3 Å². The Bertz CT molecular complexity index is 1370. The number of nitrogens with one attached hydrogen (secondary N) is 1. The fourth-order valence-corrected chi connectivity index (χ4v) is 3.56. The summed E-state index contributed by atoms with van der Waals surface area (Å²) < 4.78 is 6.27. The predicted molar refractivity (Wildman–Crippen MR) is 140 cm³/mol. The maximum atomic E-state index is 6.27. The molecule has 4 rings (SSSR count). The molecule has 35 heavy (non-hydrogen) atoms. The van der Waals surface area contributed by atoms with Crippen LogP contribution in [0.25, 0.3) is 11.4 Å². The van der Waals surface area contributed by atoms with Crippen LogP contribution >= 0.6 is 0 Å². The highest BCUT2D eigenvalue weighted by Gasteiger charge is 2.25. The molecule has 0 fully saturated rings. The largest absolute Gasteiger partial charge is 0.455 e. The zero-order valence-corrected chi connectivity index (χ0v) is 20.3. The van der Waals surface area contributed by atoms with Crippen molar-refractivity contribution in [3.63, 3.8) is 0 Å². The number of pyridine rings is 3. The lowest BCUT2D eigenvalue weighted by atomic mass is 9.83. The second kappa shape index (κ2) is 9.80. The zero-order valence-electron chi connectivity index (χ0n) is 20.3. The number of hydrogen-bond acceptors (Lipinski definition) is 7. The number of hydrazone groups is 1. The van der Waals surface area contributed by atoms with Crippen LogP contribution in [0.5, 0.6) is 11.5 Å². The minimum atomic E-state index is -0.511. The molecule has 0 radical (unpaired) electrons. The quantitative estimate of drug-likeness (QED) is 0.148. The standard InChI is InChI=1S/C27H29N7O/c1-17-14-23(25(32-18(17)2)22-10-5-6-12-30-22)35-21-11-13-31-24(16-21)33-20-9-7-8-19(15-20)27(3,4)26(28)34-29/h5-16H,29H2,1-4H3,(H2,28,34)(H,31,33). The van der Waals surface area contributed by atoms with Gasteiger partial charge in [-0.1, -0.05) is 18.2 Å². The van der Waals surface area contributed by atoms with Crippen molar-refractivity contribution in [2.45, 2.75) is 33.1 Å². The lowest BCUT2D eigenvalue weighted by molar-refractivity contribution is 0.481. The van der Waals surface area contributed by atoms with Crippen molar-refractivity contribution >= 4 is 17.3 Å². The van der Waals surface area contributed by atoms with E-state index >= 15 is 0 Å². The molecule has 3 aromatic heterocycles. The van der Waals surface area contributed by atoms with Gasteiger partial charge in [-0.05, 0) is 75.2 Å². The Hall–Kier alpha value is -4.46. The first kappa shape index (κ1) is 23.7. The first-order valence-corrected chi connectivity index (χ1v) is 11.2. The lowest BCUT2D eigenvalue weighted by Gasteiger charge is -2.24. The summed E-state index contributed by atoms with van der Waals surface area (Å²) in [6, 6.07) is 19.2. The summed E-state index contributed by atoms with van der Waals surface area (Å²) in [5, 5.41) is 7.01. The van der Waals surface area contributed by atoms with Crippen molar-refractivity contribution in [3.8, 4) is 22.9 Å². The van der Waals surface area contributed by atoms with E-state index in [0.29, 0.717) is 28.8 Å². The van der Waals surface area contributed by atoms with Crippen LogP contribution in [0.3, 0.4) is 0 Å². The summed E-state index contributed by atoms with van der Waals surface area (Å²) in [6.07, 6.45) is 3.44. The van der Waals surface area contributed by atoms with Crippen LogP contribution < -0.4 is 21.6 Å². The number of amidine groups is 1. The van der Waals surface area contributed by atoms with Gasteiger partial charge in [0, 0.05) is 35.3 Å². The van der Waals surface area contributed by atoms with Gasteiger partial charge in [-0.25, -0.2) is 9.97 Å². The maximum absolute atomic E-state index is 6.27. The Kier molecular flexibility index (Phi) is 6.64. The van der Waals surface area contributed by atoms with Crippen molar-refractivity contribution in [1.82, 2.24) is 15.0 Å². The number of nitrogens with two attached hydrogens (primary N) is 2. The smallest absolute Gasteiger partial charge is 0.155 e. The Morgan fingerprint density at radius 1 is 0.971 bits per heavy atom. The number of aryl methyl sites for hydroxylation is 2. The summed E-state index contributed by atoms with van der Waals surface area (Å²) in [6.45, 7) is 7.93. The number of rotatable bonds is 7. The topological polar surface area (TPSA) is 124 Å². The van der Waals surface area contributed by atoms with Crippen molar-refractivity contribution < 1.29 is 4.74 Å². The number of nitrogens with zero attached hydrogens (tertiary/aromatic N) is 4.